The van der Waals surface area contributed by atoms with E-state index < -0.39 is 17.7 Å². The predicted molar refractivity (Wildman–Crippen MR) is 52.2 cm³/mol. The van der Waals surface area contributed by atoms with Gasteiger partial charge in [0.1, 0.15) is 11.6 Å². The van der Waals surface area contributed by atoms with Crippen LogP contribution in [0.3, 0.4) is 0 Å². The lowest BCUT2D eigenvalue weighted by atomic mass is 10.0. The maximum Gasteiger partial charge on any atom is 0.128 e. The van der Waals surface area contributed by atoms with Gasteiger partial charge in [0.15, 0.2) is 0 Å². The van der Waals surface area contributed by atoms with Crippen LogP contribution in [0, 0.1) is 11.6 Å². The zero-order valence-electron chi connectivity index (χ0n) is 7.41. The molecule has 14 heavy (non-hydrogen) atoms. The molecule has 3 N–H and O–H groups in total. The number of benzene rings is 1. The highest BCUT2D eigenvalue weighted by Crippen LogP contribution is 2.18. The van der Waals surface area contributed by atoms with E-state index in [1.807, 2.05) is 0 Å². The van der Waals surface area contributed by atoms with E-state index in [4.69, 9.17) is 10.8 Å². The second-order valence-corrected chi connectivity index (χ2v) is 2.78. The summed E-state index contributed by atoms with van der Waals surface area (Å²) >= 11 is 0. The van der Waals surface area contributed by atoms with E-state index in [1.165, 1.54) is 0 Å². The quantitative estimate of drug-likeness (QED) is 0.821. The minimum Gasteiger partial charge on any atom is -0.396 e. The Morgan fingerprint density at radius 3 is 2.57 bits per heavy atom. The summed E-state index contributed by atoms with van der Waals surface area (Å²) < 4.78 is 25.7. The van der Waals surface area contributed by atoms with Crippen LogP contribution >= 0.6 is 12.4 Å². The molecule has 1 aromatic rings. The van der Waals surface area contributed by atoms with Crippen LogP contribution in [0.25, 0.3) is 0 Å². The van der Waals surface area contributed by atoms with Gasteiger partial charge in [-0.25, -0.2) is 8.78 Å². The lowest BCUT2D eigenvalue weighted by Crippen LogP contribution is -2.13. The highest BCUT2D eigenvalue weighted by Gasteiger charge is 2.11. The molecule has 0 bridgehead atoms. The van der Waals surface area contributed by atoms with Gasteiger partial charge in [0.25, 0.3) is 0 Å². The standard InChI is InChI=1S/C9H11F2NO.ClH/c10-6-1-2-8(11)7(5-6)9(12)3-4-13;/h1-2,5,9,13H,3-4,12H2;1H/t9-;/m0./s1. The number of rotatable bonds is 3. The summed E-state index contributed by atoms with van der Waals surface area (Å²) in [5.74, 6) is -1.06. The Kier molecular flexibility index (Phi) is 5.60. The van der Waals surface area contributed by atoms with Gasteiger partial charge in [-0.05, 0) is 24.6 Å². The third kappa shape index (κ3) is 3.21. The number of nitrogens with two attached hydrogens (primary N) is 1. The highest BCUT2D eigenvalue weighted by atomic mass is 35.5. The van der Waals surface area contributed by atoms with Gasteiger partial charge in [-0.2, -0.15) is 0 Å². The van der Waals surface area contributed by atoms with Gasteiger partial charge in [0.05, 0.1) is 0 Å². The number of hydrogen-bond donors (Lipinski definition) is 2. The molecule has 0 saturated heterocycles. The van der Waals surface area contributed by atoms with E-state index in [0.717, 1.165) is 18.2 Å². The molecule has 0 aliphatic heterocycles. The van der Waals surface area contributed by atoms with Crippen LogP contribution in [-0.4, -0.2) is 11.7 Å². The fraction of sp³-hybridized carbons (Fsp3) is 0.333. The fourth-order valence-corrected chi connectivity index (χ4v) is 1.09. The molecule has 0 spiro atoms. The number of hydrogen-bond acceptors (Lipinski definition) is 2. The van der Waals surface area contributed by atoms with E-state index >= 15 is 0 Å². The highest BCUT2D eigenvalue weighted by molar-refractivity contribution is 5.85. The van der Waals surface area contributed by atoms with E-state index in [0.29, 0.717) is 0 Å². The van der Waals surface area contributed by atoms with Gasteiger partial charge in [-0.3, -0.25) is 0 Å². The third-order valence-corrected chi connectivity index (χ3v) is 1.80. The van der Waals surface area contributed by atoms with Crippen molar-refractivity contribution in [3.63, 3.8) is 0 Å². The summed E-state index contributed by atoms with van der Waals surface area (Å²) in [4.78, 5) is 0. The monoisotopic (exact) mass is 223 g/mol. The van der Waals surface area contributed by atoms with Crippen LogP contribution in [0.5, 0.6) is 0 Å². The molecule has 0 radical (unpaired) electrons. The maximum absolute atomic E-state index is 13.0. The Bertz CT molecular complexity index is 296. The number of aliphatic hydroxyl groups is 1. The van der Waals surface area contributed by atoms with Gasteiger partial charge in [-0.15, -0.1) is 12.4 Å². The zero-order valence-corrected chi connectivity index (χ0v) is 8.23. The SMILES string of the molecule is Cl.N[C@@H](CCO)c1cc(F)ccc1F. The molecule has 0 unspecified atom stereocenters. The normalized spacial score (nSPS) is 12.0. The van der Waals surface area contributed by atoms with Crippen LogP contribution < -0.4 is 5.73 Å². The van der Waals surface area contributed by atoms with Crippen LogP contribution in [0.2, 0.25) is 0 Å². The minimum atomic E-state index is -0.652. The first-order valence-electron chi connectivity index (χ1n) is 3.96. The Morgan fingerprint density at radius 1 is 1.36 bits per heavy atom. The summed E-state index contributed by atoms with van der Waals surface area (Å²) in [6.45, 7) is -0.142. The molecule has 0 saturated carbocycles. The fourth-order valence-electron chi connectivity index (χ4n) is 1.09. The van der Waals surface area contributed by atoms with Crippen molar-refractivity contribution in [2.75, 3.05) is 6.61 Å². The Balaban J connectivity index is 0.00000169. The third-order valence-electron chi connectivity index (χ3n) is 1.80. The Morgan fingerprint density at radius 2 is 2.00 bits per heavy atom. The maximum atomic E-state index is 13.0. The zero-order chi connectivity index (χ0) is 9.84. The van der Waals surface area contributed by atoms with Crippen molar-refractivity contribution in [3.05, 3.63) is 35.4 Å². The van der Waals surface area contributed by atoms with E-state index in [1.54, 1.807) is 0 Å². The van der Waals surface area contributed by atoms with Gasteiger partial charge in [0, 0.05) is 18.2 Å². The minimum absolute atomic E-state index is 0. The second kappa shape index (κ2) is 5.90. The summed E-state index contributed by atoms with van der Waals surface area (Å²) in [5, 5.41) is 8.56. The molecule has 1 aromatic carbocycles. The molecule has 0 amide bonds. The summed E-state index contributed by atoms with van der Waals surface area (Å²) in [6, 6.07) is 2.46. The average Bonchev–Trinajstić information content (AvgIpc) is 2.09. The first-order valence-corrected chi connectivity index (χ1v) is 3.96. The Hall–Kier alpha value is -0.710. The van der Waals surface area contributed by atoms with Crippen molar-refractivity contribution in [1.29, 1.82) is 0 Å². The van der Waals surface area contributed by atoms with Gasteiger partial charge >= 0.3 is 0 Å². The largest absolute Gasteiger partial charge is 0.396 e. The molecule has 5 heteroatoms. The lowest BCUT2D eigenvalue weighted by molar-refractivity contribution is 0.275. The van der Waals surface area contributed by atoms with Crippen molar-refractivity contribution < 1.29 is 13.9 Å². The molecular weight excluding hydrogens is 212 g/mol. The van der Waals surface area contributed by atoms with Crippen molar-refractivity contribution in [2.24, 2.45) is 5.73 Å². The average molecular weight is 224 g/mol. The molecule has 0 heterocycles. The summed E-state index contributed by atoms with van der Waals surface area (Å²) in [5.41, 5.74) is 5.61. The van der Waals surface area contributed by atoms with Crippen molar-refractivity contribution in [2.45, 2.75) is 12.5 Å². The van der Waals surface area contributed by atoms with E-state index in [9.17, 15) is 8.78 Å². The van der Waals surface area contributed by atoms with Crippen LogP contribution in [0.15, 0.2) is 18.2 Å². The topological polar surface area (TPSA) is 46.2 Å². The molecule has 0 fully saturated rings. The smallest absolute Gasteiger partial charge is 0.128 e. The van der Waals surface area contributed by atoms with Crippen LogP contribution in [-0.2, 0) is 0 Å². The van der Waals surface area contributed by atoms with Gasteiger partial charge < -0.3 is 10.8 Å². The van der Waals surface area contributed by atoms with Crippen molar-refractivity contribution in [1.82, 2.24) is 0 Å². The van der Waals surface area contributed by atoms with Gasteiger partial charge in [-0.1, -0.05) is 0 Å². The number of halogens is 3. The van der Waals surface area contributed by atoms with E-state index in [-0.39, 0.29) is 31.0 Å². The molecule has 80 valence electrons. The van der Waals surface area contributed by atoms with Crippen LogP contribution in [0.1, 0.15) is 18.0 Å². The Labute approximate surface area is 87.1 Å². The summed E-state index contributed by atoms with van der Waals surface area (Å²) in [6.07, 6.45) is 0.223. The van der Waals surface area contributed by atoms with E-state index in [2.05, 4.69) is 0 Å². The molecule has 1 atom stereocenters. The van der Waals surface area contributed by atoms with Gasteiger partial charge in [0.2, 0.25) is 0 Å². The molecule has 0 aromatic heterocycles. The number of aliphatic hydroxyl groups excluding tert-OH is 1. The molecule has 0 aliphatic carbocycles. The van der Waals surface area contributed by atoms with Crippen molar-refractivity contribution in [3.8, 4) is 0 Å². The molecule has 0 aliphatic rings. The first kappa shape index (κ1) is 13.3. The summed E-state index contributed by atoms with van der Waals surface area (Å²) in [7, 11) is 0. The second-order valence-electron chi connectivity index (χ2n) is 2.78. The molecule has 2 nitrogen and oxygen atoms in total. The lowest BCUT2D eigenvalue weighted by Gasteiger charge is -2.10. The predicted octanol–water partition coefficient (Wildman–Crippen LogP) is 1.77. The van der Waals surface area contributed by atoms with Crippen molar-refractivity contribution >= 4 is 12.4 Å². The van der Waals surface area contributed by atoms with Crippen LogP contribution in [0.4, 0.5) is 8.78 Å². The first-order chi connectivity index (χ1) is 6.15. The molecular formula is C9H12ClF2NO. The molecule has 1 rings (SSSR count).